The molecule has 0 saturated heterocycles. The van der Waals surface area contributed by atoms with Crippen molar-refractivity contribution < 1.29 is 25.2 Å². The zero-order valence-corrected chi connectivity index (χ0v) is 5.71. The lowest BCUT2D eigenvalue weighted by atomic mass is 9.89. The van der Waals surface area contributed by atoms with Crippen LogP contribution in [-0.4, -0.2) is 50.6 Å². The second kappa shape index (κ2) is 2.86. The van der Waals surface area contributed by atoms with Crippen molar-refractivity contribution >= 4 is 5.78 Å². The van der Waals surface area contributed by atoms with E-state index in [1.165, 1.54) is 0 Å². The van der Waals surface area contributed by atoms with Crippen LogP contribution in [0.25, 0.3) is 0 Å². The molecule has 1 aliphatic rings. The van der Waals surface area contributed by atoms with E-state index in [1.54, 1.807) is 0 Å². The Labute approximate surface area is 62.9 Å². The molecule has 0 aliphatic heterocycles. The maximum absolute atomic E-state index is 10.7. The van der Waals surface area contributed by atoms with Gasteiger partial charge in [-0.1, -0.05) is 0 Å². The van der Waals surface area contributed by atoms with E-state index in [-0.39, 0.29) is 6.42 Å². The highest BCUT2D eigenvalue weighted by atomic mass is 16.4. The van der Waals surface area contributed by atoms with Crippen molar-refractivity contribution in [3.05, 3.63) is 0 Å². The van der Waals surface area contributed by atoms with Crippen molar-refractivity contribution in [2.45, 2.75) is 30.8 Å². The number of aliphatic hydroxyl groups is 4. The Morgan fingerprint density at radius 2 is 1.64 bits per heavy atom. The molecule has 0 radical (unpaired) electrons. The first-order valence-electron chi connectivity index (χ1n) is 3.29. The molecule has 1 rings (SSSR count). The van der Waals surface area contributed by atoms with Gasteiger partial charge in [0.25, 0.3) is 0 Å². The number of ketones is 1. The van der Waals surface area contributed by atoms with Gasteiger partial charge in [0.15, 0.2) is 5.78 Å². The highest BCUT2D eigenvalue weighted by Crippen LogP contribution is 2.16. The molecule has 0 bridgehead atoms. The molecule has 0 spiro atoms. The molecule has 11 heavy (non-hydrogen) atoms. The number of aliphatic hydroxyl groups excluding tert-OH is 4. The van der Waals surface area contributed by atoms with E-state index in [1.807, 2.05) is 0 Å². The topological polar surface area (TPSA) is 98.0 Å². The number of hydrogen-bond donors (Lipinski definition) is 4. The Morgan fingerprint density at radius 1 is 1.09 bits per heavy atom. The molecule has 4 N–H and O–H groups in total. The Morgan fingerprint density at radius 3 is 2.18 bits per heavy atom. The van der Waals surface area contributed by atoms with Gasteiger partial charge < -0.3 is 20.4 Å². The van der Waals surface area contributed by atoms with E-state index in [0.29, 0.717) is 0 Å². The van der Waals surface area contributed by atoms with Crippen LogP contribution in [0, 0.1) is 0 Å². The fourth-order valence-electron chi connectivity index (χ4n) is 1.05. The van der Waals surface area contributed by atoms with E-state index in [4.69, 9.17) is 20.4 Å². The van der Waals surface area contributed by atoms with E-state index in [2.05, 4.69) is 0 Å². The fourth-order valence-corrected chi connectivity index (χ4v) is 1.05. The lowest BCUT2D eigenvalue weighted by Gasteiger charge is -2.30. The Hall–Kier alpha value is -0.490. The Balaban J connectivity index is 2.70. The average Bonchev–Trinajstić information content (AvgIpc) is 1.97. The van der Waals surface area contributed by atoms with E-state index in [0.717, 1.165) is 0 Å². The van der Waals surface area contributed by atoms with Crippen LogP contribution in [0.3, 0.4) is 0 Å². The molecular weight excluding hydrogens is 152 g/mol. The first-order valence-corrected chi connectivity index (χ1v) is 3.29. The van der Waals surface area contributed by atoms with Crippen molar-refractivity contribution in [2.24, 2.45) is 0 Å². The lowest BCUT2D eigenvalue weighted by molar-refractivity contribution is -0.162. The molecule has 1 fully saturated rings. The van der Waals surface area contributed by atoms with Crippen molar-refractivity contribution in [1.29, 1.82) is 0 Å². The van der Waals surface area contributed by atoms with Gasteiger partial charge in [0.05, 0.1) is 6.10 Å². The summed E-state index contributed by atoms with van der Waals surface area (Å²) < 4.78 is 0. The number of carbonyl (C=O) groups is 1. The lowest BCUT2D eigenvalue weighted by Crippen LogP contribution is -2.53. The molecule has 0 amide bonds. The summed E-state index contributed by atoms with van der Waals surface area (Å²) >= 11 is 0. The van der Waals surface area contributed by atoms with E-state index >= 15 is 0 Å². The summed E-state index contributed by atoms with van der Waals surface area (Å²) in [5, 5.41) is 35.6. The number of rotatable bonds is 0. The summed E-state index contributed by atoms with van der Waals surface area (Å²) in [6.07, 6.45) is -6.12. The van der Waals surface area contributed by atoms with Crippen LogP contribution in [0.4, 0.5) is 0 Å². The fraction of sp³-hybridized carbons (Fsp3) is 0.833. The minimum absolute atomic E-state index is 0.306. The minimum atomic E-state index is -1.56. The Bertz CT molecular complexity index is 168. The molecule has 0 aromatic carbocycles. The van der Waals surface area contributed by atoms with Crippen LogP contribution in [-0.2, 0) is 4.79 Å². The second-order valence-electron chi connectivity index (χ2n) is 2.66. The molecule has 5 heteroatoms. The van der Waals surface area contributed by atoms with Gasteiger partial charge in [0.1, 0.15) is 18.3 Å². The summed E-state index contributed by atoms with van der Waals surface area (Å²) in [6, 6.07) is 0. The van der Waals surface area contributed by atoms with Crippen LogP contribution >= 0.6 is 0 Å². The van der Waals surface area contributed by atoms with Gasteiger partial charge in [0, 0.05) is 6.42 Å². The summed E-state index contributed by atoms with van der Waals surface area (Å²) in [6.45, 7) is 0. The number of Topliss-reactive ketones (excluding diaryl/α,β-unsaturated/α-hetero) is 1. The van der Waals surface area contributed by atoms with Crippen molar-refractivity contribution in [2.75, 3.05) is 0 Å². The maximum Gasteiger partial charge on any atom is 0.166 e. The first-order chi connectivity index (χ1) is 5.04. The van der Waals surface area contributed by atoms with Crippen LogP contribution in [0.5, 0.6) is 0 Å². The standard InChI is InChI=1S/C6H10O5/c7-2-1-3(8)5(10)6(11)4(2)9/h2,4-7,9-11H,1H2/t2-,4+,5-,6-/m0/s1. The molecule has 1 aliphatic carbocycles. The van der Waals surface area contributed by atoms with Gasteiger partial charge in [-0.05, 0) is 0 Å². The molecule has 0 aromatic heterocycles. The zero-order chi connectivity index (χ0) is 8.59. The third kappa shape index (κ3) is 1.41. The van der Waals surface area contributed by atoms with Crippen molar-refractivity contribution in [3.8, 4) is 0 Å². The summed E-state index contributed by atoms with van der Waals surface area (Å²) in [7, 11) is 0. The third-order valence-corrected chi connectivity index (χ3v) is 1.81. The monoisotopic (exact) mass is 162 g/mol. The largest absolute Gasteiger partial charge is 0.390 e. The maximum atomic E-state index is 10.7. The molecular formula is C6H10O5. The number of hydrogen-bond acceptors (Lipinski definition) is 5. The van der Waals surface area contributed by atoms with Gasteiger partial charge in [-0.15, -0.1) is 0 Å². The average molecular weight is 162 g/mol. The predicted octanol–water partition coefficient (Wildman–Crippen LogP) is -2.60. The summed E-state index contributed by atoms with van der Waals surface area (Å²) in [4.78, 5) is 10.7. The molecule has 0 heterocycles. The highest BCUT2D eigenvalue weighted by molar-refractivity contribution is 5.85. The van der Waals surface area contributed by atoms with Crippen LogP contribution < -0.4 is 0 Å². The van der Waals surface area contributed by atoms with Crippen LogP contribution in [0.2, 0.25) is 0 Å². The predicted molar refractivity (Wildman–Crippen MR) is 33.7 cm³/mol. The quantitative estimate of drug-likeness (QED) is 0.313. The SMILES string of the molecule is O=C1C[C@H](O)[C@@H](O)[C@H](O)[C@H]1O. The van der Waals surface area contributed by atoms with Gasteiger partial charge >= 0.3 is 0 Å². The molecule has 4 atom stereocenters. The second-order valence-corrected chi connectivity index (χ2v) is 2.66. The molecule has 0 aromatic rings. The molecule has 64 valence electrons. The number of carbonyl (C=O) groups excluding carboxylic acids is 1. The van der Waals surface area contributed by atoms with Crippen LogP contribution in [0.15, 0.2) is 0 Å². The molecule has 5 nitrogen and oxygen atoms in total. The Kier molecular flexibility index (Phi) is 2.24. The van der Waals surface area contributed by atoms with Gasteiger partial charge in [-0.25, -0.2) is 0 Å². The molecule has 0 unspecified atom stereocenters. The van der Waals surface area contributed by atoms with E-state index < -0.39 is 30.2 Å². The van der Waals surface area contributed by atoms with Gasteiger partial charge in [0.2, 0.25) is 0 Å². The first kappa shape index (κ1) is 8.61. The van der Waals surface area contributed by atoms with E-state index in [9.17, 15) is 4.79 Å². The van der Waals surface area contributed by atoms with Crippen molar-refractivity contribution in [1.82, 2.24) is 0 Å². The smallest absolute Gasteiger partial charge is 0.166 e. The summed E-state index contributed by atoms with van der Waals surface area (Å²) in [5.74, 6) is -0.643. The molecule has 1 saturated carbocycles. The minimum Gasteiger partial charge on any atom is -0.390 e. The normalized spacial score (nSPS) is 46.0. The van der Waals surface area contributed by atoms with Crippen LogP contribution in [0.1, 0.15) is 6.42 Å². The van der Waals surface area contributed by atoms with Gasteiger partial charge in [-0.3, -0.25) is 4.79 Å². The third-order valence-electron chi connectivity index (χ3n) is 1.81. The van der Waals surface area contributed by atoms with Crippen molar-refractivity contribution in [3.63, 3.8) is 0 Å². The van der Waals surface area contributed by atoms with Gasteiger partial charge in [-0.2, -0.15) is 0 Å². The highest BCUT2D eigenvalue weighted by Gasteiger charge is 2.40. The summed E-state index contributed by atoms with van der Waals surface area (Å²) in [5.41, 5.74) is 0. The zero-order valence-electron chi connectivity index (χ0n) is 5.71.